The molecule has 1 amide bonds. The van der Waals surface area contributed by atoms with E-state index in [-0.39, 0.29) is 11.8 Å². The van der Waals surface area contributed by atoms with E-state index in [0.717, 1.165) is 42.9 Å². The Hall–Kier alpha value is -3.09. The minimum atomic E-state index is -0.00182. The van der Waals surface area contributed by atoms with E-state index in [4.69, 9.17) is 9.72 Å². The molecule has 0 radical (unpaired) electrons. The summed E-state index contributed by atoms with van der Waals surface area (Å²) in [4.78, 5) is 23.7. The Kier molecular flexibility index (Phi) is 4.66. The predicted octanol–water partition coefficient (Wildman–Crippen LogP) is 2.83. The highest BCUT2D eigenvalue weighted by molar-refractivity contribution is 5.92. The van der Waals surface area contributed by atoms with Crippen LogP contribution in [0.3, 0.4) is 0 Å². The second kappa shape index (κ2) is 7.26. The van der Waals surface area contributed by atoms with E-state index >= 15 is 0 Å². The molecule has 2 aromatic heterocycles. The number of pyridine rings is 1. The average Bonchev–Trinajstić information content (AvgIpc) is 3.05. The highest BCUT2D eigenvalue weighted by atomic mass is 16.5. The number of fused-ring (bicyclic) bond motifs is 1. The smallest absolute Gasteiger partial charge is 0.227 e. The van der Waals surface area contributed by atoms with Gasteiger partial charge in [0.15, 0.2) is 0 Å². The van der Waals surface area contributed by atoms with E-state index in [9.17, 15) is 4.79 Å². The molecule has 0 saturated carbocycles. The largest absolute Gasteiger partial charge is 0.481 e. The van der Waals surface area contributed by atoms with Crippen molar-refractivity contribution >= 4 is 28.6 Å². The Labute approximate surface area is 158 Å². The van der Waals surface area contributed by atoms with Crippen LogP contribution in [-0.4, -0.2) is 40.6 Å². The molecule has 1 fully saturated rings. The van der Waals surface area contributed by atoms with Crippen LogP contribution in [0.25, 0.3) is 11.0 Å². The molecule has 27 heavy (non-hydrogen) atoms. The second-order valence-electron chi connectivity index (χ2n) is 6.80. The molecule has 1 N–H and O–H groups in total. The second-order valence-corrected chi connectivity index (χ2v) is 6.80. The van der Waals surface area contributed by atoms with Gasteiger partial charge in [-0.15, -0.1) is 0 Å². The Bertz CT molecular complexity index is 943. The third kappa shape index (κ3) is 3.45. The van der Waals surface area contributed by atoms with Crippen LogP contribution in [0.5, 0.6) is 5.88 Å². The summed E-state index contributed by atoms with van der Waals surface area (Å²) in [5.74, 6) is 1.54. The monoisotopic (exact) mass is 365 g/mol. The fourth-order valence-electron chi connectivity index (χ4n) is 3.58. The van der Waals surface area contributed by atoms with Crippen LogP contribution in [0.1, 0.15) is 12.8 Å². The minimum Gasteiger partial charge on any atom is -0.481 e. The molecule has 4 rings (SSSR count). The van der Waals surface area contributed by atoms with Crippen molar-refractivity contribution in [2.75, 3.05) is 30.4 Å². The van der Waals surface area contributed by atoms with Crippen LogP contribution in [0, 0.1) is 5.92 Å². The molecule has 1 saturated heterocycles. The fourth-order valence-corrected chi connectivity index (χ4v) is 3.58. The number of hydrogen-bond acceptors (Lipinski definition) is 5. The van der Waals surface area contributed by atoms with Crippen molar-refractivity contribution in [1.29, 1.82) is 0 Å². The molecule has 3 heterocycles. The summed E-state index contributed by atoms with van der Waals surface area (Å²) in [6, 6.07) is 11.7. The average molecular weight is 365 g/mol. The summed E-state index contributed by atoms with van der Waals surface area (Å²) in [6.45, 7) is 1.63. The number of methoxy groups -OCH3 is 1. The van der Waals surface area contributed by atoms with Gasteiger partial charge in [-0.1, -0.05) is 12.1 Å². The lowest BCUT2D eigenvalue weighted by Crippen LogP contribution is -2.39. The van der Waals surface area contributed by atoms with Crippen molar-refractivity contribution in [2.24, 2.45) is 13.0 Å². The lowest BCUT2D eigenvalue weighted by Gasteiger charge is -2.32. The SMILES string of the molecule is COc1ccc(NC(=O)C2CCN(c3nc4ccccc4n3C)CC2)cn1. The van der Waals surface area contributed by atoms with Crippen LogP contribution < -0.4 is 15.0 Å². The first-order valence-electron chi connectivity index (χ1n) is 9.13. The van der Waals surface area contributed by atoms with Gasteiger partial charge in [-0.05, 0) is 31.0 Å². The van der Waals surface area contributed by atoms with Gasteiger partial charge in [-0.25, -0.2) is 9.97 Å². The van der Waals surface area contributed by atoms with Gasteiger partial charge in [0.1, 0.15) is 0 Å². The van der Waals surface area contributed by atoms with Gasteiger partial charge in [0, 0.05) is 32.1 Å². The van der Waals surface area contributed by atoms with E-state index < -0.39 is 0 Å². The van der Waals surface area contributed by atoms with E-state index in [1.165, 1.54) is 0 Å². The maximum absolute atomic E-state index is 12.6. The molecule has 1 aliphatic heterocycles. The Morgan fingerprint density at radius 2 is 1.96 bits per heavy atom. The molecule has 0 aliphatic carbocycles. The number of carbonyl (C=O) groups is 1. The third-order valence-corrected chi connectivity index (χ3v) is 5.13. The summed E-state index contributed by atoms with van der Waals surface area (Å²) < 4.78 is 7.16. The highest BCUT2D eigenvalue weighted by Crippen LogP contribution is 2.26. The number of aryl methyl sites for hydroxylation is 1. The van der Waals surface area contributed by atoms with Crippen LogP contribution in [0.15, 0.2) is 42.6 Å². The molecule has 0 bridgehead atoms. The lowest BCUT2D eigenvalue weighted by molar-refractivity contribution is -0.120. The zero-order valence-corrected chi connectivity index (χ0v) is 15.6. The number of ether oxygens (including phenoxy) is 1. The first kappa shape index (κ1) is 17.3. The Morgan fingerprint density at radius 1 is 1.19 bits per heavy atom. The molecule has 0 spiro atoms. The van der Waals surface area contributed by atoms with Crippen molar-refractivity contribution in [3.63, 3.8) is 0 Å². The fraction of sp³-hybridized carbons (Fsp3) is 0.350. The molecule has 1 aromatic carbocycles. The normalized spacial score (nSPS) is 15.1. The first-order valence-corrected chi connectivity index (χ1v) is 9.13. The van der Waals surface area contributed by atoms with Crippen molar-refractivity contribution in [2.45, 2.75) is 12.8 Å². The number of amides is 1. The number of nitrogens with one attached hydrogen (secondary N) is 1. The van der Waals surface area contributed by atoms with E-state index in [2.05, 4.69) is 25.8 Å². The number of nitrogens with zero attached hydrogens (tertiary/aromatic N) is 4. The van der Waals surface area contributed by atoms with Gasteiger partial charge in [-0.2, -0.15) is 0 Å². The maximum Gasteiger partial charge on any atom is 0.227 e. The van der Waals surface area contributed by atoms with Crippen LogP contribution in [0.2, 0.25) is 0 Å². The van der Waals surface area contributed by atoms with Gasteiger partial charge < -0.3 is 19.5 Å². The van der Waals surface area contributed by atoms with Crippen molar-refractivity contribution < 1.29 is 9.53 Å². The molecule has 0 unspecified atom stereocenters. The summed E-state index contributed by atoms with van der Waals surface area (Å²) >= 11 is 0. The van der Waals surface area contributed by atoms with Crippen molar-refractivity contribution in [3.05, 3.63) is 42.6 Å². The Balaban J connectivity index is 1.39. The van der Waals surface area contributed by atoms with Crippen LogP contribution in [0.4, 0.5) is 11.6 Å². The molecule has 140 valence electrons. The van der Waals surface area contributed by atoms with E-state index in [0.29, 0.717) is 11.6 Å². The molecule has 7 heteroatoms. The minimum absolute atomic E-state index is 0.00182. The predicted molar refractivity (Wildman–Crippen MR) is 105 cm³/mol. The molecular weight excluding hydrogens is 342 g/mol. The van der Waals surface area contributed by atoms with Crippen molar-refractivity contribution in [1.82, 2.24) is 14.5 Å². The molecule has 1 aliphatic rings. The number of para-hydroxylation sites is 2. The number of rotatable bonds is 4. The number of carbonyl (C=O) groups excluding carboxylic acids is 1. The summed E-state index contributed by atoms with van der Waals surface area (Å²) in [5, 5.41) is 2.95. The highest BCUT2D eigenvalue weighted by Gasteiger charge is 2.27. The molecule has 7 nitrogen and oxygen atoms in total. The quantitative estimate of drug-likeness (QED) is 0.770. The molecule has 3 aromatic rings. The molecule has 0 atom stereocenters. The topological polar surface area (TPSA) is 72.3 Å². The van der Waals surface area contributed by atoms with E-state index in [1.807, 2.05) is 25.2 Å². The van der Waals surface area contributed by atoms with E-state index in [1.54, 1.807) is 25.4 Å². The third-order valence-electron chi connectivity index (χ3n) is 5.13. The van der Waals surface area contributed by atoms with Crippen molar-refractivity contribution in [3.8, 4) is 5.88 Å². The lowest BCUT2D eigenvalue weighted by atomic mass is 9.96. The summed E-state index contributed by atoms with van der Waals surface area (Å²) in [7, 11) is 3.61. The zero-order valence-electron chi connectivity index (χ0n) is 15.6. The maximum atomic E-state index is 12.6. The van der Waals surface area contributed by atoms with Gasteiger partial charge in [-0.3, -0.25) is 4.79 Å². The van der Waals surface area contributed by atoms with Crippen LogP contribution in [-0.2, 0) is 11.8 Å². The van der Waals surface area contributed by atoms with Gasteiger partial charge in [0.2, 0.25) is 17.7 Å². The molecular formula is C20H23N5O2. The standard InChI is InChI=1S/C20H23N5O2/c1-24-17-6-4-3-5-16(17)23-20(24)25-11-9-14(10-12-25)19(26)22-15-7-8-18(27-2)21-13-15/h3-8,13-14H,9-12H2,1-2H3,(H,22,26). The first-order chi connectivity index (χ1) is 13.2. The van der Waals surface area contributed by atoms with Gasteiger partial charge in [0.25, 0.3) is 0 Å². The number of hydrogen-bond donors (Lipinski definition) is 1. The number of anilines is 2. The zero-order chi connectivity index (χ0) is 18.8. The van der Waals surface area contributed by atoms with Gasteiger partial charge in [0.05, 0.1) is 30.0 Å². The van der Waals surface area contributed by atoms with Crippen LogP contribution >= 0.6 is 0 Å². The summed E-state index contributed by atoms with van der Waals surface area (Å²) in [6.07, 6.45) is 3.22. The number of imidazole rings is 1. The number of benzene rings is 1. The number of piperidine rings is 1. The van der Waals surface area contributed by atoms with Gasteiger partial charge >= 0.3 is 0 Å². The summed E-state index contributed by atoms with van der Waals surface area (Å²) in [5.41, 5.74) is 2.82. The Morgan fingerprint density at radius 3 is 2.63 bits per heavy atom. The number of aromatic nitrogens is 3.